The van der Waals surface area contributed by atoms with E-state index in [2.05, 4.69) is 20.1 Å². The van der Waals surface area contributed by atoms with Gasteiger partial charge in [0, 0.05) is 60.0 Å². The molecule has 0 aliphatic carbocycles. The molecule has 10 heteroatoms. The fourth-order valence-corrected chi connectivity index (χ4v) is 3.75. The van der Waals surface area contributed by atoms with Crippen LogP contribution in [0.15, 0.2) is 23.2 Å². The van der Waals surface area contributed by atoms with Crippen molar-refractivity contribution in [1.29, 1.82) is 0 Å². The number of carbonyl (C=O) groups is 1. The molecule has 2 heterocycles. The Hall–Kier alpha value is -1.66. The Morgan fingerprint density at radius 2 is 2.06 bits per heavy atom. The Morgan fingerprint density at radius 3 is 2.66 bits per heavy atom. The molecule has 1 N–H and O–H groups in total. The predicted molar refractivity (Wildman–Crippen MR) is 133 cm³/mol. The van der Waals surface area contributed by atoms with Crippen LogP contribution in [0.25, 0.3) is 0 Å². The molecule has 1 atom stereocenters. The fraction of sp³-hybridized carbons (Fsp3) is 0.636. The molecule has 2 saturated heterocycles. The normalized spacial score (nSPS) is 19.4. The molecular weight excluding hydrogens is 528 g/mol. The monoisotopic (exact) mass is 563 g/mol. The van der Waals surface area contributed by atoms with Gasteiger partial charge < -0.3 is 24.6 Å². The Kier molecular flexibility index (Phi) is 10.9. The van der Waals surface area contributed by atoms with Crippen molar-refractivity contribution >= 4 is 35.8 Å². The summed E-state index contributed by atoms with van der Waals surface area (Å²) in [6.07, 6.45) is 2.33. The van der Waals surface area contributed by atoms with Crippen LogP contribution in [-0.4, -0.2) is 99.8 Å². The van der Waals surface area contributed by atoms with Crippen LogP contribution in [0, 0.1) is 5.82 Å². The largest absolute Gasteiger partial charge is 0.494 e. The van der Waals surface area contributed by atoms with E-state index in [1.165, 1.54) is 13.2 Å². The number of halogens is 2. The average Bonchev–Trinajstić information content (AvgIpc) is 3.28. The Balaban J connectivity index is 0.00000363. The van der Waals surface area contributed by atoms with Crippen LogP contribution < -0.4 is 10.1 Å². The van der Waals surface area contributed by atoms with Gasteiger partial charge in [-0.15, -0.1) is 24.0 Å². The molecule has 8 nitrogen and oxygen atoms in total. The molecule has 2 aliphatic rings. The second kappa shape index (κ2) is 13.1. The number of aliphatic imine (C=N–C) groups is 1. The Bertz CT molecular complexity index is 766. The van der Waals surface area contributed by atoms with Gasteiger partial charge in [0.15, 0.2) is 17.5 Å². The highest BCUT2D eigenvalue weighted by atomic mass is 127. The van der Waals surface area contributed by atoms with E-state index in [1.54, 1.807) is 25.1 Å². The number of amides is 1. The van der Waals surface area contributed by atoms with Crippen LogP contribution in [0.4, 0.5) is 4.39 Å². The van der Waals surface area contributed by atoms with Crippen LogP contribution in [0.1, 0.15) is 18.4 Å². The number of benzene rings is 1. The van der Waals surface area contributed by atoms with Crippen molar-refractivity contribution in [3.05, 3.63) is 29.6 Å². The van der Waals surface area contributed by atoms with Gasteiger partial charge in [0.05, 0.1) is 13.2 Å². The highest BCUT2D eigenvalue weighted by molar-refractivity contribution is 14.0. The maximum absolute atomic E-state index is 14.0. The number of hydrogen-bond acceptors (Lipinski definition) is 5. The highest BCUT2D eigenvalue weighted by Crippen LogP contribution is 2.19. The third-order valence-corrected chi connectivity index (χ3v) is 5.67. The molecular formula is C22H35FIN5O3. The molecule has 1 unspecified atom stereocenters. The van der Waals surface area contributed by atoms with Gasteiger partial charge in [0.1, 0.15) is 6.54 Å². The Labute approximate surface area is 207 Å². The van der Waals surface area contributed by atoms with E-state index in [0.717, 1.165) is 57.2 Å². The van der Waals surface area contributed by atoms with E-state index in [-0.39, 0.29) is 54.1 Å². The summed E-state index contributed by atoms with van der Waals surface area (Å²) in [7, 11) is 4.94. The Morgan fingerprint density at radius 1 is 1.31 bits per heavy atom. The van der Waals surface area contributed by atoms with Gasteiger partial charge in [-0.05, 0) is 30.5 Å². The predicted octanol–water partition coefficient (Wildman–Crippen LogP) is 1.78. The van der Waals surface area contributed by atoms with Crippen molar-refractivity contribution in [2.24, 2.45) is 4.99 Å². The number of piperazine rings is 1. The third-order valence-electron chi connectivity index (χ3n) is 5.67. The second-order valence-electron chi connectivity index (χ2n) is 8.18. The number of ether oxygens (including phenoxy) is 2. The minimum absolute atomic E-state index is 0. The first-order valence-electron chi connectivity index (χ1n) is 10.9. The number of rotatable bonds is 7. The molecule has 1 aromatic rings. The number of hydrogen-bond donors (Lipinski definition) is 1. The van der Waals surface area contributed by atoms with E-state index in [0.29, 0.717) is 13.1 Å². The lowest BCUT2D eigenvalue weighted by molar-refractivity contribution is -0.127. The minimum atomic E-state index is -0.336. The molecule has 32 heavy (non-hydrogen) atoms. The topological polar surface area (TPSA) is 69.6 Å². The summed E-state index contributed by atoms with van der Waals surface area (Å²) < 4.78 is 24.7. The number of guanidine groups is 1. The maximum atomic E-state index is 14.0. The number of nitrogens with zero attached hydrogens (tertiary/aromatic N) is 4. The zero-order valence-electron chi connectivity index (χ0n) is 19.2. The molecule has 0 radical (unpaired) electrons. The molecule has 1 aromatic carbocycles. The van der Waals surface area contributed by atoms with Crippen molar-refractivity contribution in [3.63, 3.8) is 0 Å². The van der Waals surface area contributed by atoms with Crippen LogP contribution in [-0.2, 0) is 16.1 Å². The van der Waals surface area contributed by atoms with Crippen LogP contribution in [0.2, 0.25) is 0 Å². The zero-order chi connectivity index (χ0) is 22.2. The van der Waals surface area contributed by atoms with Gasteiger partial charge >= 0.3 is 0 Å². The third kappa shape index (κ3) is 7.73. The maximum Gasteiger partial charge on any atom is 0.243 e. The van der Waals surface area contributed by atoms with E-state index in [9.17, 15) is 9.18 Å². The van der Waals surface area contributed by atoms with E-state index < -0.39 is 0 Å². The summed E-state index contributed by atoms with van der Waals surface area (Å²) in [4.78, 5) is 22.6. The summed E-state index contributed by atoms with van der Waals surface area (Å²) >= 11 is 0. The molecule has 0 spiro atoms. The summed E-state index contributed by atoms with van der Waals surface area (Å²) in [5, 5.41) is 3.41. The van der Waals surface area contributed by atoms with Gasteiger partial charge in [-0.1, -0.05) is 6.07 Å². The fourth-order valence-electron chi connectivity index (χ4n) is 3.75. The quantitative estimate of drug-likeness (QED) is 0.310. The van der Waals surface area contributed by atoms with E-state index >= 15 is 0 Å². The molecule has 1 amide bonds. The highest BCUT2D eigenvalue weighted by Gasteiger charge is 2.22. The lowest BCUT2D eigenvalue weighted by atomic mass is 10.2. The minimum Gasteiger partial charge on any atom is -0.494 e. The molecule has 0 bridgehead atoms. The SMILES string of the molecule is COc1ccc(CN2CCN(C(=NCC(=O)N(C)C)NCC3CCCO3)CC2)cc1F.I. The number of likely N-dealkylation sites (N-methyl/N-ethyl adjacent to an activating group) is 1. The van der Waals surface area contributed by atoms with Crippen molar-refractivity contribution in [3.8, 4) is 5.75 Å². The van der Waals surface area contributed by atoms with Crippen molar-refractivity contribution < 1.29 is 18.7 Å². The summed E-state index contributed by atoms with van der Waals surface area (Å²) in [5.41, 5.74) is 0.925. The van der Waals surface area contributed by atoms with Crippen LogP contribution in [0.3, 0.4) is 0 Å². The first-order chi connectivity index (χ1) is 15.0. The molecule has 2 fully saturated rings. The zero-order valence-corrected chi connectivity index (χ0v) is 21.5. The van der Waals surface area contributed by atoms with Gasteiger partial charge in [0.2, 0.25) is 5.91 Å². The molecule has 0 saturated carbocycles. The summed E-state index contributed by atoms with van der Waals surface area (Å²) in [5.74, 6) is 0.647. The van der Waals surface area contributed by atoms with Crippen molar-refractivity contribution in [2.45, 2.75) is 25.5 Å². The van der Waals surface area contributed by atoms with Crippen LogP contribution in [0.5, 0.6) is 5.75 Å². The first-order valence-corrected chi connectivity index (χ1v) is 10.9. The smallest absolute Gasteiger partial charge is 0.243 e. The van der Waals surface area contributed by atoms with Gasteiger partial charge in [-0.25, -0.2) is 9.38 Å². The lowest BCUT2D eigenvalue weighted by Gasteiger charge is -2.37. The molecule has 180 valence electrons. The average molecular weight is 563 g/mol. The lowest BCUT2D eigenvalue weighted by Crippen LogP contribution is -2.53. The standard InChI is InChI=1S/C22H34FN5O3.HI/c1-26(2)21(29)15-25-22(24-14-18-5-4-12-31-18)28-10-8-27(9-11-28)16-17-6-7-20(30-3)19(23)13-17;/h6-7,13,18H,4-5,8-12,14-16H2,1-3H3,(H,24,25);1H. The summed E-state index contributed by atoms with van der Waals surface area (Å²) in [6.45, 7) is 5.53. The van der Waals surface area contributed by atoms with Crippen molar-refractivity contribution in [1.82, 2.24) is 20.0 Å². The molecule has 2 aliphatic heterocycles. The number of nitrogens with one attached hydrogen (secondary N) is 1. The van der Waals surface area contributed by atoms with E-state index in [1.807, 2.05) is 6.07 Å². The first kappa shape index (κ1) is 26.6. The van der Waals surface area contributed by atoms with Gasteiger partial charge in [-0.2, -0.15) is 0 Å². The van der Waals surface area contributed by atoms with Gasteiger partial charge in [0.25, 0.3) is 0 Å². The number of carbonyl (C=O) groups excluding carboxylic acids is 1. The van der Waals surface area contributed by atoms with Crippen molar-refractivity contribution in [2.75, 3.05) is 67.1 Å². The summed E-state index contributed by atoms with van der Waals surface area (Å²) in [6, 6.07) is 5.10. The molecule has 3 rings (SSSR count). The van der Waals surface area contributed by atoms with Gasteiger partial charge in [-0.3, -0.25) is 9.69 Å². The molecule has 0 aromatic heterocycles. The van der Waals surface area contributed by atoms with E-state index in [4.69, 9.17) is 9.47 Å². The number of methoxy groups -OCH3 is 1. The van der Waals surface area contributed by atoms with Crippen LogP contribution >= 0.6 is 24.0 Å². The second-order valence-corrected chi connectivity index (χ2v) is 8.18.